The van der Waals surface area contributed by atoms with Crippen LogP contribution in [0.15, 0.2) is 49.1 Å². The molecule has 156 valence electrons. The maximum Gasteiger partial charge on any atom is 0.293 e. The quantitative estimate of drug-likeness (QED) is 0.451. The van der Waals surface area contributed by atoms with E-state index in [0.29, 0.717) is 23.0 Å². The van der Waals surface area contributed by atoms with Gasteiger partial charge in [-0.15, -0.1) is 0 Å². The number of imidazole rings is 2. The molecule has 0 fully saturated rings. The van der Waals surface area contributed by atoms with Crippen molar-refractivity contribution in [3.8, 4) is 23.8 Å². The third-order valence-corrected chi connectivity index (χ3v) is 5.16. The van der Waals surface area contributed by atoms with E-state index >= 15 is 0 Å². The van der Waals surface area contributed by atoms with Crippen molar-refractivity contribution >= 4 is 11.6 Å². The van der Waals surface area contributed by atoms with Crippen molar-refractivity contribution in [3.63, 3.8) is 0 Å². The second-order valence-electron chi connectivity index (χ2n) is 7.41. The summed E-state index contributed by atoms with van der Waals surface area (Å²) in [5.74, 6) is 1.04. The molecule has 0 aliphatic rings. The van der Waals surface area contributed by atoms with Crippen LogP contribution in [-0.2, 0) is 5.41 Å². The van der Waals surface area contributed by atoms with Gasteiger partial charge in [-0.05, 0) is 32.0 Å². The number of rotatable bonds is 4. The van der Waals surface area contributed by atoms with Crippen molar-refractivity contribution in [2.45, 2.75) is 19.3 Å². The average molecular weight is 430 g/mol. The Morgan fingerprint density at radius 1 is 0.848 bits per heavy atom. The number of nitriles is 2. The largest absolute Gasteiger partial charge is 0.373 e. The van der Waals surface area contributed by atoms with Gasteiger partial charge in [0.15, 0.2) is 11.4 Å². The highest BCUT2D eigenvalue weighted by Crippen LogP contribution is 2.32. The van der Waals surface area contributed by atoms with E-state index < -0.39 is 5.41 Å². The Bertz CT molecular complexity index is 1430. The summed E-state index contributed by atoms with van der Waals surface area (Å²) in [6, 6.07) is 14.7. The third kappa shape index (κ3) is 3.45. The molecule has 0 saturated carbocycles. The van der Waals surface area contributed by atoms with Crippen LogP contribution in [-0.4, -0.2) is 29.1 Å². The van der Waals surface area contributed by atoms with Gasteiger partial charge in [-0.1, -0.05) is 30.3 Å². The van der Waals surface area contributed by atoms with Gasteiger partial charge in [0.2, 0.25) is 5.82 Å². The molecule has 4 aromatic rings. The van der Waals surface area contributed by atoms with Crippen LogP contribution in [0.2, 0.25) is 0 Å². The molecule has 0 radical (unpaired) electrons. The van der Waals surface area contributed by atoms with Crippen molar-refractivity contribution < 1.29 is 0 Å². The lowest BCUT2D eigenvalue weighted by molar-refractivity contribution is 0.591. The topological polar surface area (TPSA) is 118 Å². The second kappa shape index (κ2) is 8.07. The van der Waals surface area contributed by atoms with Gasteiger partial charge in [-0.3, -0.25) is 4.57 Å². The van der Waals surface area contributed by atoms with E-state index in [9.17, 15) is 10.5 Å². The first-order valence-corrected chi connectivity index (χ1v) is 9.60. The van der Waals surface area contributed by atoms with Gasteiger partial charge >= 0.3 is 0 Å². The van der Waals surface area contributed by atoms with Crippen molar-refractivity contribution in [2.75, 3.05) is 0 Å². The first-order chi connectivity index (χ1) is 15.9. The summed E-state index contributed by atoms with van der Waals surface area (Å²) in [6.45, 7) is 18.5. The average Bonchev–Trinajstić information content (AvgIpc) is 3.47. The van der Waals surface area contributed by atoms with Crippen molar-refractivity contribution in [1.29, 1.82) is 10.5 Å². The minimum absolute atomic E-state index is 0.0243. The van der Waals surface area contributed by atoms with E-state index in [1.54, 1.807) is 12.1 Å². The van der Waals surface area contributed by atoms with Crippen LogP contribution < -0.4 is 0 Å². The van der Waals surface area contributed by atoms with Crippen molar-refractivity contribution in [1.82, 2.24) is 29.1 Å². The second-order valence-corrected chi connectivity index (χ2v) is 7.41. The lowest BCUT2D eigenvalue weighted by Gasteiger charge is -2.24. The number of pyridine rings is 2. The van der Waals surface area contributed by atoms with Crippen LogP contribution in [0.1, 0.15) is 36.6 Å². The van der Waals surface area contributed by atoms with E-state index in [4.69, 9.17) is 23.1 Å². The zero-order valence-corrected chi connectivity index (χ0v) is 17.6. The Kier molecular flexibility index (Phi) is 5.12. The smallest absolute Gasteiger partial charge is 0.293 e. The van der Waals surface area contributed by atoms with Crippen LogP contribution in [0.4, 0.5) is 11.6 Å². The molecule has 0 spiro atoms. The standard InChI is InChI=1S/C23H14N10/c1-23(2,17-7-5-9-19(30-17)32-13-28-15(11-24)16(32)12-25)18-8-6-10-20(31-18)33-14-29-21(26-3)22(33)27-4/h5-10,13-14H,1-2H3. The maximum absolute atomic E-state index is 9.44. The molecule has 10 nitrogen and oxygen atoms in total. The van der Waals surface area contributed by atoms with Crippen LogP contribution >= 0.6 is 0 Å². The molecular formula is C23H14N10. The van der Waals surface area contributed by atoms with Gasteiger partial charge in [0.25, 0.3) is 18.0 Å². The van der Waals surface area contributed by atoms with E-state index in [1.165, 1.54) is 21.8 Å². The van der Waals surface area contributed by atoms with Gasteiger partial charge in [-0.25, -0.2) is 19.5 Å². The highest BCUT2D eigenvalue weighted by atomic mass is 15.2. The van der Waals surface area contributed by atoms with Crippen LogP contribution in [0, 0.1) is 35.8 Å². The fourth-order valence-electron chi connectivity index (χ4n) is 3.34. The predicted molar refractivity (Wildman–Crippen MR) is 117 cm³/mol. The van der Waals surface area contributed by atoms with E-state index in [-0.39, 0.29) is 23.0 Å². The van der Waals surface area contributed by atoms with Gasteiger partial charge in [0.1, 0.15) is 24.3 Å². The molecular weight excluding hydrogens is 416 g/mol. The van der Waals surface area contributed by atoms with E-state index in [1.807, 2.05) is 50.3 Å². The molecule has 0 aromatic carbocycles. The lowest BCUT2D eigenvalue weighted by atomic mass is 9.84. The first kappa shape index (κ1) is 20.9. The highest BCUT2D eigenvalue weighted by molar-refractivity contribution is 5.64. The number of nitrogens with zero attached hydrogens (tertiary/aromatic N) is 10. The summed E-state index contributed by atoms with van der Waals surface area (Å²) >= 11 is 0. The Morgan fingerprint density at radius 3 is 2.00 bits per heavy atom. The van der Waals surface area contributed by atoms with Gasteiger partial charge in [0, 0.05) is 11.5 Å². The summed E-state index contributed by atoms with van der Waals surface area (Å²) < 4.78 is 2.96. The van der Waals surface area contributed by atoms with Gasteiger partial charge in [-0.2, -0.15) is 10.5 Å². The Labute approximate surface area is 189 Å². The predicted octanol–water partition coefficient (Wildman–Crippen LogP) is 4.02. The highest BCUT2D eigenvalue weighted by Gasteiger charge is 2.28. The SMILES string of the molecule is [C-]#[N+]c1ncn(-c2cccc(C(C)(C)c3cccc(-n4cnc(C#N)c4C#N)n3)n2)c1[N+]#[C-]. The molecule has 0 amide bonds. The molecule has 0 bridgehead atoms. The fraction of sp³-hybridized carbons (Fsp3) is 0.130. The molecule has 0 N–H and O–H groups in total. The Morgan fingerprint density at radius 2 is 1.45 bits per heavy atom. The summed E-state index contributed by atoms with van der Waals surface area (Å²) in [5.41, 5.74) is 0.857. The molecule has 4 aromatic heterocycles. The maximum atomic E-state index is 9.44. The molecule has 0 unspecified atom stereocenters. The van der Waals surface area contributed by atoms with Gasteiger partial charge in [0.05, 0.1) is 11.4 Å². The number of aromatic nitrogens is 6. The molecule has 0 aliphatic heterocycles. The van der Waals surface area contributed by atoms with Crippen molar-refractivity contribution in [2.24, 2.45) is 0 Å². The molecule has 33 heavy (non-hydrogen) atoms. The summed E-state index contributed by atoms with van der Waals surface area (Å²) in [5, 5.41) is 18.6. The van der Waals surface area contributed by atoms with Gasteiger partial charge < -0.3 is 9.69 Å². The van der Waals surface area contributed by atoms with E-state index in [2.05, 4.69) is 19.7 Å². The minimum Gasteiger partial charge on any atom is -0.373 e. The molecule has 4 rings (SSSR count). The molecule has 0 aliphatic carbocycles. The summed E-state index contributed by atoms with van der Waals surface area (Å²) in [4.78, 5) is 24.1. The molecule has 0 saturated heterocycles. The number of hydrogen-bond acceptors (Lipinski definition) is 6. The lowest BCUT2D eigenvalue weighted by Crippen LogP contribution is -2.23. The molecule has 10 heteroatoms. The van der Waals surface area contributed by atoms with Crippen LogP contribution in [0.5, 0.6) is 0 Å². The normalized spacial score (nSPS) is 10.6. The zero-order valence-electron chi connectivity index (χ0n) is 17.6. The van der Waals surface area contributed by atoms with Crippen molar-refractivity contribution in [3.05, 3.63) is 94.7 Å². The Balaban J connectivity index is 1.78. The molecule has 0 atom stereocenters. The molecule has 4 heterocycles. The Hall–Kier alpha value is -5.32. The zero-order chi connectivity index (χ0) is 23.6. The first-order valence-electron chi connectivity index (χ1n) is 9.60. The van der Waals surface area contributed by atoms with Crippen LogP contribution in [0.3, 0.4) is 0 Å². The van der Waals surface area contributed by atoms with E-state index in [0.717, 1.165) is 0 Å². The number of hydrogen-bond donors (Lipinski definition) is 0. The summed E-state index contributed by atoms with van der Waals surface area (Å²) in [6.07, 6.45) is 2.81. The third-order valence-electron chi connectivity index (χ3n) is 5.16. The minimum atomic E-state index is -0.654. The summed E-state index contributed by atoms with van der Waals surface area (Å²) in [7, 11) is 0. The van der Waals surface area contributed by atoms with Crippen LogP contribution in [0.25, 0.3) is 21.3 Å². The fourth-order valence-corrected chi connectivity index (χ4v) is 3.34. The monoisotopic (exact) mass is 430 g/mol.